The van der Waals surface area contributed by atoms with Crippen molar-refractivity contribution in [2.75, 3.05) is 249 Å². The number of β-amino-alcohol motifs (C(OH)–C–C–N with tert-alkyl or cyclic N) is 1. The summed E-state index contributed by atoms with van der Waals surface area (Å²) in [4.78, 5) is 26.2. The summed E-state index contributed by atoms with van der Waals surface area (Å²) in [7, 11) is 26.0. The number of fused-ring (bicyclic) bond motifs is 4. The lowest BCUT2D eigenvalue weighted by Gasteiger charge is -2.57. The highest BCUT2D eigenvalue weighted by Crippen LogP contribution is 2.40. The van der Waals surface area contributed by atoms with Gasteiger partial charge in [0.1, 0.15) is 0 Å². The Morgan fingerprint density at radius 2 is 0.766 bits per heavy atom. The average molecular weight is 1340 g/mol. The van der Waals surface area contributed by atoms with Gasteiger partial charge in [-0.25, -0.2) is 10.0 Å². The normalized spacial score (nSPS) is 31.8. The van der Waals surface area contributed by atoms with E-state index >= 15 is 0 Å². The van der Waals surface area contributed by atoms with Crippen LogP contribution in [0.3, 0.4) is 0 Å². The zero-order chi connectivity index (χ0) is 68.8. The van der Waals surface area contributed by atoms with Crippen molar-refractivity contribution >= 4 is 0 Å². The Bertz CT molecular complexity index is 1620. The number of aliphatic hydroxyl groups excluding tert-OH is 6. The molecule has 0 bridgehead atoms. The van der Waals surface area contributed by atoms with E-state index in [1.165, 1.54) is 174 Å². The maximum atomic E-state index is 8.65. The van der Waals surface area contributed by atoms with Crippen LogP contribution in [0.15, 0.2) is 0 Å². The van der Waals surface area contributed by atoms with Crippen molar-refractivity contribution < 1.29 is 40.1 Å². The molecule has 558 valence electrons. The third-order valence-corrected chi connectivity index (χ3v) is 22.7. The molecule has 0 aromatic carbocycles. The van der Waals surface area contributed by atoms with Gasteiger partial charge in [-0.1, -0.05) is 51.4 Å². The van der Waals surface area contributed by atoms with E-state index in [4.69, 9.17) is 45.8 Å². The molecular formula is C71H151N15O8. The van der Waals surface area contributed by atoms with Gasteiger partial charge < -0.3 is 70.8 Å². The highest BCUT2D eigenvalue weighted by Gasteiger charge is 2.47. The number of hydrazine groups is 1. The second-order valence-corrected chi connectivity index (χ2v) is 29.7. The Labute approximate surface area is 575 Å². The minimum absolute atomic E-state index is 0.118. The first kappa shape index (κ1) is 85.5. The molecule has 9 N–H and O–H groups in total. The van der Waals surface area contributed by atoms with E-state index in [0.717, 1.165) is 114 Å². The summed E-state index contributed by atoms with van der Waals surface area (Å²) in [6.07, 6.45) is 30.5. The molecule has 12 rings (SSSR count). The molecular weight excluding hydrogens is 1190 g/mol. The fourth-order valence-electron chi connectivity index (χ4n) is 16.1. The molecule has 0 aromatic heterocycles. The van der Waals surface area contributed by atoms with Crippen molar-refractivity contribution in [3.63, 3.8) is 0 Å². The number of piperazine rings is 2. The first-order valence-corrected chi connectivity index (χ1v) is 37.8. The van der Waals surface area contributed by atoms with Gasteiger partial charge in [-0.2, -0.15) is 0 Å². The van der Waals surface area contributed by atoms with Gasteiger partial charge >= 0.3 is 0 Å². The fraction of sp³-hybridized carbons (Fsp3) is 1.00. The lowest BCUT2D eigenvalue weighted by molar-refractivity contribution is -0.0692. The third-order valence-electron chi connectivity index (χ3n) is 22.7. The number of nitrogens with two attached hydrogens (primary N) is 1. The summed E-state index contributed by atoms with van der Waals surface area (Å²) in [6.45, 7) is 20.5. The van der Waals surface area contributed by atoms with Crippen molar-refractivity contribution in [3.8, 4) is 0 Å². The van der Waals surface area contributed by atoms with Gasteiger partial charge in [0, 0.05) is 152 Å². The zero-order valence-corrected chi connectivity index (χ0v) is 62.6. The molecule has 8 heterocycles. The van der Waals surface area contributed by atoms with Crippen molar-refractivity contribution in [1.29, 1.82) is 0 Å². The number of aliphatic hydroxyl groups is 6. The van der Waals surface area contributed by atoms with E-state index < -0.39 is 0 Å². The molecule has 12 unspecified atom stereocenters. The maximum absolute atomic E-state index is 8.65. The van der Waals surface area contributed by atoms with E-state index in [9.17, 15) is 0 Å². The van der Waals surface area contributed by atoms with E-state index in [-0.39, 0.29) is 39.6 Å². The Morgan fingerprint density at radius 1 is 0.383 bits per heavy atom. The topological polar surface area (TPSA) is 220 Å². The lowest BCUT2D eigenvalue weighted by Crippen LogP contribution is -2.67. The molecule has 4 aliphatic carbocycles. The van der Waals surface area contributed by atoms with Crippen molar-refractivity contribution in [3.05, 3.63) is 0 Å². The van der Waals surface area contributed by atoms with Crippen molar-refractivity contribution in [2.24, 2.45) is 5.73 Å². The van der Waals surface area contributed by atoms with E-state index in [1.807, 2.05) is 42.9 Å². The van der Waals surface area contributed by atoms with E-state index in [2.05, 4.69) is 111 Å². The van der Waals surface area contributed by atoms with Gasteiger partial charge in [-0.3, -0.25) is 34.3 Å². The molecule has 94 heavy (non-hydrogen) atoms. The Balaban J connectivity index is 0.000000229. The monoisotopic (exact) mass is 1340 g/mol. The van der Waals surface area contributed by atoms with Crippen LogP contribution in [-0.2, 0) is 9.47 Å². The average Bonchev–Trinajstić information content (AvgIpc) is 1.19. The molecule has 12 aliphatic rings. The smallest absolute Gasteiger partial charge is 0.0698 e. The predicted molar refractivity (Wildman–Crippen MR) is 387 cm³/mol. The van der Waals surface area contributed by atoms with Gasteiger partial charge in [0.2, 0.25) is 0 Å². The first-order valence-electron chi connectivity index (χ1n) is 37.8. The molecule has 23 heteroatoms. The summed E-state index contributed by atoms with van der Waals surface area (Å²) < 4.78 is 10.3. The number of rotatable bonds is 19. The van der Waals surface area contributed by atoms with Crippen LogP contribution < -0.4 is 11.1 Å². The van der Waals surface area contributed by atoms with Gasteiger partial charge in [0.25, 0.3) is 0 Å². The van der Waals surface area contributed by atoms with Crippen LogP contribution in [0.4, 0.5) is 0 Å². The summed E-state index contributed by atoms with van der Waals surface area (Å²) in [5.41, 5.74) is 5.28. The fourth-order valence-corrected chi connectivity index (χ4v) is 16.1. The highest BCUT2D eigenvalue weighted by atomic mass is 16.5. The molecule has 0 spiro atoms. The summed E-state index contributed by atoms with van der Waals surface area (Å²) >= 11 is 0. The van der Waals surface area contributed by atoms with Crippen LogP contribution >= 0.6 is 0 Å². The van der Waals surface area contributed by atoms with Crippen LogP contribution in [0, 0.1) is 0 Å². The van der Waals surface area contributed by atoms with E-state index in [0.29, 0.717) is 50.5 Å². The van der Waals surface area contributed by atoms with Crippen molar-refractivity contribution in [1.82, 2.24) is 69.2 Å². The van der Waals surface area contributed by atoms with E-state index in [1.54, 1.807) is 0 Å². The molecule has 0 radical (unpaired) electrons. The molecule has 12 fully saturated rings. The Morgan fingerprint density at radius 3 is 1.04 bits per heavy atom. The van der Waals surface area contributed by atoms with Crippen molar-refractivity contribution in [2.45, 2.75) is 214 Å². The molecule has 0 aromatic rings. The zero-order valence-electron chi connectivity index (χ0n) is 62.6. The van der Waals surface area contributed by atoms with Crippen LogP contribution in [-0.4, -0.2) is 416 Å². The summed E-state index contributed by atoms with van der Waals surface area (Å²) in [6, 6.07) is 8.05. The number of hydrogen-bond acceptors (Lipinski definition) is 23. The third kappa shape index (κ3) is 30.0. The van der Waals surface area contributed by atoms with Crippen LogP contribution in [0.2, 0.25) is 0 Å². The second-order valence-electron chi connectivity index (χ2n) is 29.7. The number of likely N-dealkylation sites (tertiary alicyclic amines) is 4. The van der Waals surface area contributed by atoms with Gasteiger partial charge in [0.05, 0.1) is 66.1 Å². The first-order chi connectivity index (χ1) is 45.4. The number of nitrogens with one attached hydrogen (secondary N) is 1. The van der Waals surface area contributed by atoms with Gasteiger partial charge in [0.15, 0.2) is 0 Å². The quantitative estimate of drug-likeness (QED) is 0.0867. The minimum Gasteiger partial charge on any atom is -0.395 e. The number of hydrogen-bond donors (Lipinski definition) is 8. The van der Waals surface area contributed by atoms with Crippen LogP contribution in [0.25, 0.3) is 0 Å². The standard InChI is InChI=1S/2C14H26N2.C8H19N3.C8H18N2O.2C6H13NO2.C6H15NO2.C5H12N2O.C4H9N/c2*1-15-11-7-3-5-9-13(11)16(2)14-10-6-4-8-12(14)15;1-9(2)7-8-11-6-4-5-10(11)3;9-3-7-11-8-6-10-4-1-2-5-10;2*1-7-5(3-8)2-6(7)4-9;1-7(2)3-5-9-6-4-8;8-4-3-7-2-1-6-5-7;1-5-3-2-4-5/h2*11-14H,3-10H2,1-2H3;4-8H2,1-3H3;1-9H2;2*5-6,8-9H,2-4H2,1H3;8H,3-6H2,1-2H3;6,8H,1-5H2;2-4H2,1H3. The summed E-state index contributed by atoms with van der Waals surface area (Å²) in [5, 5.41) is 59.2. The second kappa shape index (κ2) is 49.6. The SMILES string of the molecule is CN(C)CCN1CCCN1C.CN(C)CCOCCO.CN1C(CO)CC1CO.CN1C(CO)CC1CO.CN1C2CCCCC2N(C)C2CCCCC21.CN1C2CCCCC2N(C)C2CCCCC21.CN1CCC1.NCCOCCN1CCCC1.OCCN1CCNC1. The predicted octanol–water partition coefficient (Wildman–Crippen LogP) is 1.94. The molecule has 12 atom stereocenters. The molecule has 0 amide bonds. The maximum Gasteiger partial charge on any atom is 0.0698 e. The summed E-state index contributed by atoms with van der Waals surface area (Å²) in [5.74, 6) is 0. The number of nitrogens with zero attached hydrogens (tertiary/aromatic N) is 13. The van der Waals surface area contributed by atoms with Crippen LogP contribution in [0.1, 0.15) is 141 Å². The molecule has 4 saturated carbocycles. The Hall–Kier alpha value is -0.920. The van der Waals surface area contributed by atoms with Gasteiger partial charge in [-0.15, -0.1) is 0 Å². The molecule has 8 aliphatic heterocycles. The van der Waals surface area contributed by atoms with Crippen LogP contribution in [0.5, 0.6) is 0 Å². The number of likely N-dealkylation sites (N-methyl/N-ethyl adjacent to an activating group) is 8. The molecule has 8 saturated heterocycles. The van der Waals surface area contributed by atoms with Gasteiger partial charge in [-0.05, 0) is 194 Å². The minimum atomic E-state index is 0.118. The Kier molecular flexibility index (Phi) is 45.1. The lowest BCUT2D eigenvalue weighted by atomic mass is 9.78. The molecule has 23 nitrogen and oxygen atoms in total. The largest absolute Gasteiger partial charge is 0.395 e. The highest BCUT2D eigenvalue weighted by molar-refractivity contribution is 5.04. The number of ether oxygens (including phenoxy) is 2.